The molecule has 0 heterocycles. The summed E-state index contributed by atoms with van der Waals surface area (Å²) < 4.78 is 40.0. The molecule has 0 saturated heterocycles. The van der Waals surface area contributed by atoms with Crippen molar-refractivity contribution >= 4 is 17.3 Å². The van der Waals surface area contributed by atoms with Gasteiger partial charge in [-0.2, -0.15) is 0 Å². The summed E-state index contributed by atoms with van der Waals surface area (Å²) >= 11 is 0. The van der Waals surface area contributed by atoms with Crippen LogP contribution in [0.5, 0.6) is 5.75 Å². The number of ether oxygens (including phenoxy) is 1. The van der Waals surface area contributed by atoms with Gasteiger partial charge in [0.25, 0.3) is 0 Å². The average molecular weight is 338 g/mol. The van der Waals surface area contributed by atoms with E-state index in [0.717, 1.165) is 23.4 Å². The standard InChI is InChI=1S/C17H17F3N2O2/c1-11-3-5-13(6-4-11)21-12(2)16(23)22-14-7-9-15(10-8-14)24-17(18,19)20/h3-10,12,21H,1-2H3,(H,22,23). The molecule has 0 aliphatic rings. The fourth-order valence-electron chi connectivity index (χ4n) is 1.96. The van der Waals surface area contributed by atoms with Crippen molar-refractivity contribution in [2.45, 2.75) is 26.3 Å². The highest BCUT2D eigenvalue weighted by Crippen LogP contribution is 2.24. The minimum atomic E-state index is -4.74. The summed E-state index contributed by atoms with van der Waals surface area (Å²) in [5.74, 6) is -0.647. The molecule has 0 aliphatic heterocycles. The van der Waals surface area contributed by atoms with Gasteiger partial charge in [0.2, 0.25) is 5.91 Å². The number of carbonyl (C=O) groups is 1. The molecule has 0 saturated carbocycles. The van der Waals surface area contributed by atoms with Gasteiger partial charge in [0.15, 0.2) is 0 Å². The van der Waals surface area contributed by atoms with E-state index in [1.54, 1.807) is 6.92 Å². The molecule has 1 amide bonds. The zero-order chi connectivity index (χ0) is 17.7. The number of benzene rings is 2. The van der Waals surface area contributed by atoms with Crippen LogP contribution in [-0.4, -0.2) is 18.3 Å². The smallest absolute Gasteiger partial charge is 0.406 e. The minimum absolute atomic E-state index is 0.305. The molecule has 1 atom stereocenters. The fourth-order valence-corrected chi connectivity index (χ4v) is 1.96. The lowest BCUT2D eigenvalue weighted by molar-refractivity contribution is -0.274. The van der Waals surface area contributed by atoms with Gasteiger partial charge in [0.05, 0.1) is 0 Å². The third-order valence-corrected chi connectivity index (χ3v) is 3.18. The van der Waals surface area contributed by atoms with Crippen LogP contribution in [-0.2, 0) is 4.79 Å². The first-order chi connectivity index (χ1) is 11.2. The van der Waals surface area contributed by atoms with Gasteiger partial charge in [0.1, 0.15) is 11.8 Å². The van der Waals surface area contributed by atoms with E-state index in [-0.39, 0.29) is 11.7 Å². The van der Waals surface area contributed by atoms with E-state index in [2.05, 4.69) is 15.4 Å². The minimum Gasteiger partial charge on any atom is -0.406 e. The molecule has 0 bridgehead atoms. The van der Waals surface area contributed by atoms with Crippen LogP contribution in [0.3, 0.4) is 0 Å². The molecule has 7 heteroatoms. The van der Waals surface area contributed by atoms with Crippen LogP contribution >= 0.6 is 0 Å². The van der Waals surface area contributed by atoms with Crippen LogP contribution in [0.4, 0.5) is 24.5 Å². The number of alkyl halides is 3. The number of nitrogens with one attached hydrogen (secondary N) is 2. The van der Waals surface area contributed by atoms with Crippen LogP contribution < -0.4 is 15.4 Å². The van der Waals surface area contributed by atoms with E-state index in [9.17, 15) is 18.0 Å². The lowest BCUT2D eigenvalue weighted by Gasteiger charge is -2.16. The molecule has 2 aromatic carbocycles. The number of amides is 1. The molecule has 2 N–H and O–H groups in total. The predicted octanol–water partition coefficient (Wildman–Crippen LogP) is 4.33. The maximum Gasteiger partial charge on any atom is 0.573 e. The van der Waals surface area contributed by atoms with Crippen molar-refractivity contribution in [3.05, 3.63) is 54.1 Å². The van der Waals surface area contributed by atoms with E-state index in [4.69, 9.17) is 0 Å². The highest BCUT2D eigenvalue weighted by Gasteiger charge is 2.30. The number of hydrogen-bond acceptors (Lipinski definition) is 3. The molecule has 0 aromatic heterocycles. The first-order valence-electron chi connectivity index (χ1n) is 7.23. The number of carbonyl (C=O) groups excluding carboxylic acids is 1. The summed E-state index contributed by atoms with van der Waals surface area (Å²) in [6.07, 6.45) is -4.74. The van der Waals surface area contributed by atoms with Crippen LogP contribution in [0.2, 0.25) is 0 Å². The summed E-state index contributed by atoms with van der Waals surface area (Å²) in [6.45, 7) is 3.66. The summed E-state index contributed by atoms with van der Waals surface area (Å²) in [4.78, 5) is 12.1. The molecular formula is C17H17F3N2O2. The lowest BCUT2D eigenvalue weighted by atomic mass is 10.2. The number of halogens is 3. The van der Waals surface area contributed by atoms with Gasteiger partial charge in [-0.25, -0.2) is 0 Å². The lowest BCUT2D eigenvalue weighted by Crippen LogP contribution is -2.31. The van der Waals surface area contributed by atoms with Crippen molar-refractivity contribution in [3.8, 4) is 5.75 Å². The molecule has 4 nitrogen and oxygen atoms in total. The molecule has 1 unspecified atom stereocenters. The van der Waals surface area contributed by atoms with Crippen molar-refractivity contribution in [3.63, 3.8) is 0 Å². The number of anilines is 2. The average Bonchev–Trinajstić information content (AvgIpc) is 2.50. The normalized spacial score (nSPS) is 12.4. The van der Waals surface area contributed by atoms with Crippen molar-refractivity contribution in [1.82, 2.24) is 0 Å². The first kappa shape index (κ1) is 17.7. The van der Waals surface area contributed by atoms with Gasteiger partial charge in [-0.3, -0.25) is 4.79 Å². The Morgan fingerprint density at radius 2 is 1.54 bits per heavy atom. The quantitative estimate of drug-likeness (QED) is 0.853. The van der Waals surface area contributed by atoms with E-state index >= 15 is 0 Å². The SMILES string of the molecule is Cc1ccc(NC(C)C(=O)Nc2ccc(OC(F)(F)F)cc2)cc1. The maximum atomic E-state index is 12.1. The van der Waals surface area contributed by atoms with Crippen molar-refractivity contribution < 1.29 is 22.7 Å². The molecule has 0 fully saturated rings. The fraction of sp³-hybridized carbons (Fsp3) is 0.235. The Morgan fingerprint density at radius 3 is 2.08 bits per heavy atom. The van der Waals surface area contributed by atoms with Crippen LogP contribution in [0.15, 0.2) is 48.5 Å². The second-order valence-electron chi connectivity index (χ2n) is 5.29. The topological polar surface area (TPSA) is 50.4 Å². The van der Waals surface area contributed by atoms with Gasteiger partial charge >= 0.3 is 6.36 Å². The largest absolute Gasteiger partial charge is 0.573 e. The Hall–Kier alpha value is -2.70. The Kier molecular flexibility index (Phi) is 5.33. The van der Waals surface area contributed by atoms with Gasteiger partial charge in [-0.1, -0.05) is 17.7 Å². The zero-order valence-corrected chi connectivity index (χ0v) is 13.1. The van der Waals surface area contributed by atoms with Gasteiger partial charge in [0, 0.05) is 11.4 Å². The Labute approximate surface area is 137 Å². The Morgan fingerprint density at radius 1 is 1.00 bits per heavy atom. The molecule has 24 heavy (non-hydrogen) atoms. The van der Waals surface area contributed by atoms with E-state index in [1.165, 1.54) is 12.1 Å². The first-order valence-corrected chi connectivity index (χ1v) is 7.23. The van der Waals surface area contributed by atoms with E-state index in [1.807, 2.05) is 31.2 Å². The molecular weight excluding hydrogens is 321 g/mol. The van der Waals surface area contributed by atoms with Crippen molar-refractivity contribution in [1.29, 1.82) is 0 Å². The summed E-state index contributed by atoms with van der Waals surface area (Å²) in [6, 6.07) is 12.0. The summed E-state index contributed by atoms with van der Waals surface area (Å²) in [7, 11) is 0. The molecule has 128 valence electrons. The Balaban J connectivity index is 1.92. The number of aryl methyl sites for hydroxylation is 1. The van der Waals surface area contributed by atoms with Crippen molar-refractivity contribution in [2.24, 2.45) is 0 Å². The maximum absolute atomic E-state index is 12.1. The molecule has 0 spiro atoms. The molecule has 0 aliphatic carbocycles. The monoisotopic (exact) mass is 338 g/mol. The number of hydrogen-bond donors (Lipinski definition) is 2. The second kappa shape index (κ2) is 7.25. The van der Waals surface area contributed by atoms with Gasteiger partial charge in [-0.05, 0) is 50.2 Å². The van der Waals surface area contributed by atoms with Gasteiger partial charge in [-0.15, -0.1) is 13.2 Å². The van der Waals surface area contributed by atoms with E-state index in [0.29, 0.717) is 5.69 Å². The van der Waals surface area contributed by atoms with Gasteiger partial charge < -0.3 is 15.4 Å². The predicted molar refractivity (Wildman–Crippen MR) is 86.0 cm³/mol. The molecule has 0 radical (unpaired) electrons. The van der Waals surface area contributed by atoms with E-state index < -0.39 is 12.4 Å². The summed E-state index contributed by atoms with van der Waals surface area (Å²) in [5, 5.41) is 5.67. The molecule has 2 aromatic rings. The van der Waals surface area contributed by atoms with Crippen LogP contribution in [0.25, 0.3) is 0 Å². The molecule has 2 rings (SSSR count). The number of rotatable bonds is 5. The highest BCUT2D eigenvalue weighted by molar-refractivity contribution is 5.96. The van der Waals surface area contributed by atoms with Crippen LogP contribution in [0, 0.1) is 6.92 Å². The van der Waals surface area contributed by atoms with Crippen molar-refractivity contribution in [2.75, 3.05) is 10.6 Å². The zero-order valence-electron chi connectivity index (χ0n) is 13.1. The summed E-state index contributed by atoms with van der Waals surface area (Å²) in [5.41, 5.74) is 2.29. The highest BCUT2D eigenvalue weighted by atomic mass is 19.4. The van der Waals surface area contributed by atoms with Crippen LogP contribution in [0.1, 0.15) is 12.5 Å². The third-order valence-electron chi connectivity index (χ3n) is 3.18. The second-order valence-corrected chi connectivity index (χ2v) is 5.29. The Bertz CT molecular complexity index is 682. The third kappa shape index (κ3) is 5.49.